The minimum absolute atomic E-state index is 0.0920. The predicted molar refractivity (Wildman–Crippen MR) is 150 cm³/mol. The van der Waals surface area contributed by atoms with Gasteiger partial charge >= 0.3 is 18.1 Å². The molecule has 5 rings (SSSR count). The topological polar surface area (TPSA) is 133 Å². The van der Waals surface area contributed by atoms with Crippen molar-refractivity contribution in [2.75, 3.05) is 23.3 Å². The van der Waals surface area contributed by atoms with Gasteiger partial charge in [0.2, 0.25) is 0 Å². The van der Waals surface area contributed by atoms with Crippen molar-refractivity contribution in [2.24, 2.45) is 0 Å². The molecule has 2 aromatic carbocycles. The van der Waals surface area contributed by atoms with Gasteiger partial charge in [0.15, 0.2) is 11.3 Å². The molecular weight excluding hydrogens is 555 g/mol. The van der Waals surface area contributed by atoms with Crippen LogP contribution in [0.25, 0.3) is 11.0 Å². The quantitative estimate of drug-likeness (QED) is 0.250. The molecular formula is C30H28F3N3O6. The lowest BCUT2D eigenvalue weighted by Gasteiger charge is -2.21. The van der Waals surface area contributed by atoms with Crippen LogP contribution < -0.4 is 15.6 Å². The first-order chi connectivity index (χ1) is 19.8. The van der Waals surface area contributed by atoms with E-state index in [0.29, 0.717) is 22.5 Å². The summed E-state index contributed by atoms with van der Waals surface area (Å²) < 4.78 is 38.1. The highest BCUT2D eigenvalue weighted by molar-refractivity contribution is 5.94. The summed E-state index contributed by atoms with van der Waals surface area (Å²) in [5.74, 6) is -2.93. The van der Waals surface area contributed by atoms with E-state index in [9.17, 15) is 27.9 Å². The molecule has 220 valence electrons. The highest BCUT2D eigenvalue weighted by atomic mass is 19.4. The zero-order chi connectivity index (χ0) is 30.6. The van der Waals surface area contributed by atoms with E-state index in [1.807, 2.05) is 44.2 Å². The van der Waals surface area contributed by atoms with Gasteiger partial charge in [0, 0.05) is 48.2 Å². The van der Waals surface area contributed by atoms with Crippen molar-refractivity contribution in [1.29, 1.82) is 0 Å². The molecule has 2 unspecified atom stereocenters. The fraction of sp³-hybridized carbons (Fsp3) is 0.267. The number of aryl methyl sites for hydroxylation is 1. The maximum atomic E-state index is 13.1. The number of aromatic carboxylic acids is 1. The molecule has 42 heavy (non-hydrogen) atoms. The van der Waals surface area contributed by atoms with Crippen molar-refractivity contribution < 1.29 is 37.4 Å². The second-order valence-corrected chi connectivity index (χ2v) is 9.89. The maximum Gasteiger partial charge on any atom is 0.490 e. The van der Waals surface area contributed by atoms with E-state index < -0.39 is 18.1 Å². The number of aromatic nitrogens is 1. The zero-order valence-corrected chi connectivity index (χ0v) is 22.7. The first kappa shape index (κ1) is 30.1. The smallest absolute Gasteiger partial charge is 0.478 e. The number of hydrogen-bond donors (Lipinski definition) is 3. The number of fused-ring (bicyclic) bond motifs is 1. The molecule has 0 amide bonds. The Kier molecular flexibility index (Phi) is 8.84. The number of halogens is 3. The van der Waals surface area contributed by atoms with Crippen molar-refractivity contribution in [3.8, 4) is 0 Å². The summed E-state index contributed by atoms with van der Waals surface area (Å²) in [7, 11) is 0. The molecule has 0 bridgehead atoms. The Labute approximate surface area is 238 Å². The second-order valence-electron chi connectivity index (χ2n) is 9.89. The monoisotopic (exact) mass is 583 g/mol. The van der Waals surface area contributed by atoms with E-state index in [0.717, 1.165) is 36.3 Å². The van der Waals surface area contributed by atoms with E-state index in [4.69, 9.17) is 14.3 Å². The zero-order valence-electron chi connectivity index (χ0n) is 22.7. The molecule has 1 saturated heterocycles. The molecule has 0 saturated carbocycles. The Hall–Kier alpha value is -4.87. The second kappa shape index (κ2) is 12.3. The molecule has 2 atom stereocenters. The lowest BCUT2D eigenvalue weighted by Crippen LogP contribution is -2.21. The number of rotatable bonds is 6. The number of anilines is 2. The molecule has 1 aliphatic rings. The molecule has 12 heteroatoms. The summed E-state index contributed by atoms with van der Waals surface area (Å²) >= 11 is 0. The summed E-state index contributed by atoms with van der Waals surface area (Å²) in [5.41, 5.74) is 3.92. The van der Waals surface area contributed by atoms with Crippen LogP contribution >= 0.6 is 0 Å². The third kappa shape index (κ3) is 6.88. The van der Waals surface area contributed by atoms with Gasteiger partial charge in [-0.05, 0) is 56.2 Å². The normalized spacial score (nSPS) is 15.5. The molecule has 1 fully saturated rings. The van der Waals surface area contributed by atoms with Gasteiger partial charge in [-0.2, -0.15) is 13.2 Å². The van der Waals surface area contributed by atoms with Gasteiger partial charge < -0.3 is 24.8 Å². The molecule has 3 N–H and O–H groups in total. The van der Waals surface area contributed by atoms with Crippen LogP contribution in [-0.4, -0.2) is 46.4 Å². The minimum Gasteiger partial charge on any atom is -0.478 e. The predicted octanol–water partition coefficient (Wildman–Crippen LogP) is 5.99. The largest absolute Gasteiger partial charge is 0.490 e. The minimum atomic E-state index is -5.08. The Balaban J connectivity index is 0.000000517. The Bertz CT molecular complexity index is 1660. The summed E-state index contributed by atoms with van der Waals surface area (Å²) in [6.07, 6.45) is -2.34. The summed E-state index contributed by atoms with van der Waals surface area (Å²) in [6.45, 7) is 5.38. The van der Waals surface area contributed by atoms with Crippen molar-refractivity contribution in [1.82, 2.24) is 4.98 Å². The van der Waals surface area contributed by atoms with E-state index in [1.165, 1.54) is 0 Å². The Morgan fingerprint density at radius 1 is 1.10 bits per heavy atom. The van der Waals surface area contributed by atoms with E-state index in [1.54, 1.807) is 36.5 Å². The SMILES string of the molecule is Cc1cc(C(C)Nc2ccccc2C(=O)O)c2oc(N3CCC(c4ccccn4)C3)cc(=O)c2c1.O=C(O)C(F)(F)F. The fourth-order valence-electron chi connectivity index (χ4n) is 4.83. The molecule has 9 nitrogen and oxygen atoms in total. The van der Waals surface area contributed by atoms with E-state index in [-0.39, 0.29) is 23.0 Å². The molecule has 3 heterocycles. The van der Waals surface area contributed by atoms with Gasteiger partial charge in [0.25, 0.3) is 0 Å². The van der Waals surface area contributed by atoms with Crippen LogP contribution in [0.4, 0.5) is 24.7 Å². The first-order valence-electron chi connectivity index (χ1n) is 13.0. The van der Waals surface area contributed by atoms with Crippen molar-refractivity contribution >= 4 is 34.5 Å². The van der Waals surface area contributed by atoms with Gasteiger partial charge in [-0.25, -0.2) is 9.59 Å². The number of nitrogens with one attached hydrogen (secondary N) is 1. The van der Waals surface area contributed by atoms with Crippen LogP contribution in [0.1, 0.15) is 52.5 Å². The van der Waals surface area contributed by atoms with Crippen LogP contribution in [0.5, 0.6) is 0 Å². The number of carboxylic acids is 2. The number of benzene rings is 2. The van der Waals surface area contributed by atoms with E-state index in [2.05, 4.69) is 15.2 Å². The van der Waals surface area contributed by atoms with Gasteiger partial charge in [-0.1, -0.05) is 24.3 Å². The van der Waals surface area contributed by atoms with Gasteiger partial charge in [-0.3, -0.25) is 9.78 Å². The van der Waals surface area contributed by atoms with Crippen molar-refractivity contribution in [2.45, 2.75) is 38.4 Å². The maximum absolute atomic E-state index is 13.1. The number of aliphatic carboxylic acids is 1. The lowest BCUT2D eigenvalue weighted by molar-refractivity contribution is -0.192. The Morgan fingerprint density at radius 3 is 2.43 bits per heavy atom. The van der Waals surface area contributed by atoms with Crippen LogP contribution in [0.3, 0.4) is 0 Å². The van der Waals surface area contributed by atoms with Gasteiger partial charge in [-0.15, -0.1) is 0 Å². The van der Waals surface area contributed by atoms with Gasteiger partial charge in [0.05, 0.1) is 17.0 Å². The third-order valence-electron chi connectivity index (χ3n) is 6.83. The third-order valence-corrected chi connectivity index (χ3v) is 6.83. The lowest BCUT2D eigenvalue weighted by atomic mass is 10.0. The molecule has 1 aliphatic heterocycles. The molecule has 2 aromatic heterocycles. The van der Waals surface area contributed by atoms with Crippen LogP contribution in [0, 0.1) is 6.92 Å². The fourth-order valence-corrected chi connectivity index (χ4v) is 4.83. The molecule has 4 aromatic rings. The molecule has 0 spiro atoms. The van der Waals surface area contributed by atoms with Crippen molar-refractivity contribution in [3.63, 3.8) is 0 Å². The standard InChI is InChI=1S/C28H27N3O4.C2HF3O2/c1-17-13-21(18(2)30-24-9-4-3-7-20(24)28(33)34)27-22(14-17)25(32)15-26(35-27)31-12-10-19(16-31)23-8-5-6-11-29-23;3-2(4,5)1(6)7/h3-9,11,13-15,18-19,30H,10,12,16H2,1-2H3,(H,33,34);(H,6,7). The number of alkyl halides is 3. The van der Waals surface area contributed by atoms with Crippen LogP contribution in [-0.2, 0) is 4.79 Å². The number of pyridine rings is 1. The summed E-state index contributed by atoms with van der Waals surface area (Å²) in [5, 5.41) is 20.5. The molecule has 0 radical (unpaired) electrons. The van der Waals surface area contributed by atoms with Crippen molar-refractivity contribution in [3.05, 3.63) is 99.5 Å². The first-order valence-corrected chi connectivity index (χ1v) is 13.0. The van der Waals surface area contributed by atoms with E-state index >= 15 is 0 Å². The summed E-state index contributed by atoms with van der Waals surface area (Å²) in [6, 6.07) is 17.8. The summed E-state index contributed by atoms with van der Waals surface area (Å²) in [4.78, 5) is 40.3. The number of carboxylic acid groups (broad SMARTS) is 2. The highest BCUT2D eigenvalue weighted by Gasteiger charge is 2.38. The van der Waals surface area contributed by atoms with Crippen LogP contribution in [0.2, 0.25) is 0 Å². The number of hydrogen-bond acceptors (Lipinski definition) is 7. The van der Waals surface area contributed by atoms with Crippen LogP contribution in [0.15, 0.2) is 76.1 Å². The average molecular weight is 584 g/mol. The van der Waals surface area contributed by atoms with Gasteiger partial charge in [0.1, 0.15) is 5.58 Å². The number of nitrogens with zero attached hydrogens (tertiary/aromatic N) is 2. The number of para-hydroxylation sites is 1. The average Bonchev–Trinajstić information content (AvgIpc) is 3.44. The highest BCUT2D eigenvalue weighted by Crippen LogP contribution is 2.34. The Morgan fingerprint density at radius 2 is 1.79 bits per heavy atom. The number of carbonyl (C=O) groups is 2. The molecule has 0 aliphatic carbocycles.